The molecule has 2 aromatic rings. The van der Waals surface area contributed by atoms with Gasteiger partial charge in [0.2, 0.25) is 0 Å². The highest BCUT2D eigenvalue weighted by atomic mass is 32.3. The van der Waals surface area contributed by atoms with E-state index in [4.69, 9.17) is 4.74 Å². The van der Waals surface area contributed by atoms with Gasteiger partial charge in [-0.3, -0.25) is 4.79 Å². The van der Waals surface area contributed by atoms with Gasteiger partial charge in [-0.2, -0.15) is 0 Å². The van der Waals surface area contributed by atoms with Gasteiger partial charge in [0.15, 0.2) is 0 Å². The Bertz CT molecular complexity index is 768. The van der Waals surface area contributed by atoms with Crippen molar-refractivity contribution in [3.8, 4) is 0 Å². The van der Waals surface area contributed by atoms with Crippen LogP contribution in [0.2, 0.25) is 0 Å². The highest BCUT2D eigenvalue weighted by molar-refractivity contribution is 8.47. The Morgan fingerprint density at radius 3 is 2.46 bits per heavy atom. The Morgan fingerprint density at radius 1 is 0.958 bits per heavy atom. The molecule has 1 unspecified atom stereocenters. The first kappa shape index (κ1) is 15.5. The second-order valence-corrected chi connectivity index (χ2v) is 8.87. The third-order valence-corrected chi connectivity index (χ3v) is 8.13. The first-order chi connectivity index (χ1) is 11.8. The van der Waals surface area contributed by atoms with Crippen LogP contribution in [0.5, 0.6) is 0 Å². The number of carbonyl (C=O) groups excluding carboxylic acids is 1. The van der Waals surface area contributed by atoms with Gasteiger partial charge in [-0.15, -0.1) is 0 Å². The molecule has 2 aromatic carbocycles. The van der Waals surface area contributed by atoms with Gasteiger partial charge in [0.05, 0.1) is 13.2 Å². The maximum atomic E-state index is 13.7. The normalized spacial score (nSPS) is 25.6. The molecular formula is C20H21NO2S. The van der Waals surface area contributed by atoms with Crippen molar-refractivity contribution < 1.29 is 9.53 Å². The Labute approximate surface area is 144 Å². The molecule has 124 valence electrons. The minimum absolute atomic E-state index is 0.236. The molecule has 4 rings (SSSR count). The summed E-state index contributed by atoms with van der Waals surface area (Å²) >= 11 is 0. The average molecular weight is 339 g/mol. The zero-order valence-corrected chi connectivity index (χ0v) is 14.4. The van der Waals surface area contributed by atoms with E-state index in [-0.39, 0.29) is 5.24 Å². The summed E-state index contributed by atoms with van der Waals surface area (Å²) in [5.41, 5.74) is 1.26. The van der Waals surface area contributed by atoms with E-state index in [1.807, 2.05) is 23.1 Å². The molecule has 2 heterocycles. The van der Waals surface area contributed by atoms with E-state index in [2.05, 4.69) is 47.9 Å². The number of nitrogens with zero attached hydrogens (tertiary/aromatic N) is 1. The van der Waals surface area contributed by atoms with Crippen LogP contribution in [0.4, 0.5) is 4.79 Å². The highest BCUT2D eigenvalue weighted by Crippen LogP contribution is 2.67. The van der Waals surface area contributed by atoms with E-state index < -0.39 is 10.0 Å². The summed E-state index contributed by atoms with van der Waals surface area (Å²) in [6.45, 7) is 2.61. The van der Waals surface area contributed by atoms with Crippen molar-refractivity contribution in [1.82, 2.24) is 4.90 Å². The summed E-state index contributed by atoms with van der Waals surface area (Å²) in [6, 6.07) is 18.7. The van der Waals surface area contributed by atoms with Gasteiger partial charge in [-0.1, -0.05) is 52.5 Å². The number of benzene rings is 2. The van der Waals surface area contributed by atoms with Crippen molar-refractivity contribution >= 4 is 15.3 Å². The number of amides is 1. The maximum Gasteiger partial charge on any atom is 0.276 e. The average Bonchev–Trinajstić information content (AvgIpc) is 2.68. The molecule has 0 saturated carbocycles. The Balaban J connectivity index is 1.89. The number of ether oxygens (including phenoxy) is 1. The summed E-state index contributed by atoms with van der Waals surface area (Å²) in [7, 11) is -1.86. The quantitative estimate of drug-likeness (QED) is 0.769. The van der Waals surface area contributed by atoms with Crippen LogP contribution in [-0.2, 0) is 11.2 Å². The summed E-state index contributed by atoms with van der Waals surface area (Å²) in [6.07, 6.45) is 3.07. The molecule has 24 heavy (non-hydrogen) atoms. The van der Waals surface area contributed by atoms with Crippen LogP contribution in [0.15, 0.2) is 75.9 Å². The smallest absolute Gasteiger partial charge is 0.276 e. The maximum absolute atomic E-state index is 13.7. The number of rotatable bonds is 1. The Kier molecular flexibility index (Phi) is 4.17. The first-order valence-electron chi connectivity index (χ1n) is 8.32. The van der Waals surface area contributed by atoms with Gasteiger partial charge >= 0.3 is 0 Å². The molecule has 2 aliphatic heterocycles. The molecule has 0 bridgehead atoms. The molecule has 0 N–H and O–H groups in total. The van der Waals surface area contributed by atoms with Gasteiger partial charge in [-0.05, 0) is 35.6 Å². The molecule has 3 nitrogen and oxygen atoms in total. The van der Waals surface area contributed by atoms with Gasteiger partial charge in [-0.25, -0.2) is 0 Å². The van der Waals surface area contributed by atoms with Crippen molar-refractivity contribution in [2.45, 2.75) is 16.2 Å². The van der Waals surface area contributed by atoms with E-state index >= 15 is 0 Å². The number of carbonyl (C=O) groups is 1. The lowest BCUT2D eigenvalue weighted by Crippen LogP contribution is -2.42. The minimum Gasteiger partial charge on any atom is -0.378 e. The molecule has 0 spiro atoms. The molecule has 2 aliphatic rings. The number of morpholine rings is 1. The lowest BCUT2D eigenvalue weighted by atomic mass is 10.1. The number of hydrogen-bond donors (Lipinski definition) is 0. The third kappa shape index (κ3) is 2.46. The molecule has 1 saturated heterocycles. The van der Waals surface area contributed by atoms with Crippen molar-refractivity contribution in [1.29, 1.82) is 0 Å². The molecule has 1 atom stereocenters. The predicted octanol–water partition coefficient (Wildman–Crippen LogP) is 4.43. The van der Waals surface area contributed by atoms with Crippen LogP contribution < -0.4 is 0 Å². The van der Waals surface area contributed by atoms with Crippen molar-refractivity contribution in [3.05, 3.63) is 71.6 Å². The van der Waals surface area contributed by atoms with Crippen LogP contribution in [0, 0.1) is 0 Å². The second-order valence-electron chi connectivity index (χ2n) is 6.02. The Morgan fingerprint density at radius 2 is 1.67 bits per heavy atom. The Hall–Kier alpha value is -2.04. The molecular weight excluding hydrogens is 318 g/mol. The van der Waals surface area contributed by atoms with E-state index in [0.717, 1.165) is 11.3 Å². The minimum atomic E-state index is -1.86. The number of allylic oxidation sites excluding steroid dienone is 1. The van der Waals surface area contributed by atoms with Crippen molar-refractivity contribution in [2.24, 2.45) is 0 Å². The fourth-order valence-corrected chi connectivity index (χ4v) is 6.91. The van der Waals surface area contributed by atoms with E-state index in [1.54, 1.807) is 0 Å². The SMILES string of the molecule is O=C(N1CCOCC1)S1(c2ccccc2)C=CCc2ccccc21. The first-order valence-corrected chi connectivity index (χ1v) is 10.0. The van der Waals surface area contributed by atoms with E-state index in [1.165, 1.54) is 10.5 Å². The number of fused-ring (bicyclic) bond motifs is 1. The van der Waals surface area contributed by atoms with Crippen LogP contribution in [0.3, 0.4) is 0 Å². The second kappa shape index (κ2) is 6.46. The molecule has 4 heteroatoms. The molecule has 0 aliphatic carbocycles. The predicted molar refractivity (Wildman–Crippen MR) is 97.6 cm³/mol. The standard InChI is InChI=1S/C20H21NO2S/c22-20(21-12-14-23-15-13-21)24(18-9-2-1-3-10-18)16-6-8-17-7-4-5-11-19(17)24/h1-7,9-11,16H,8,12-15H2. The van der Waals surface area contributed by atoms with Gasteiger partial charge in [0.25, 0.3) is 5.24 Å². The van der Waals surface area contributed by atoms with Crippen LogP contribution >= 0.6 is 10.0 Å². The van der Waals surface area contributed by atoms with Gasteiger partial charge in [0.1, 0.15) is 0 Å². The topological polar surface area (TPSA) is 29.5 Å². The summed E-state index contributed by atoms with van der Waals surface area (Å²) in [4.78, 5) is 18.0. The molecule has 1 fully saturated rings. The van der Waals surface area contributed by atoms with Gasteiger partial charge in [0, 0.05) is 22.9 Å². The van der Waals surface area contributed by atoms with E-state index in [0.29, 0.717) is 26.3 Å². The molecule has 0 radical (unpaired) electrons. The summed E-state index contributed by atoms with van der Waals surface area (Å²) in [5, 5.41) is 2.42. The fraction of sp³-hybridized carbons (Fsp3) is 0.250. The van der Waals surface area contributed by atoms with Crippen LogP contribution in [0.1, 0.15) is 5.56 Å². The van der Waals surface area contributed by atoms with Crippen molar-refractivity contribution in [2.75, 3.05) is 26.3 Å². The largest absolute Gasteiger partial charge is 0.378 e. The third-order valence-electron chi connectivity index (χ3n) is 4.62. The van der Waals surface area contributed by atoms with Crippen LogP contribution in [-0.4, -0.2) is 36.4 Å². The molecule has 0 aromatic heterocycles. The lowest BCUT2D eigenvalue weighted by molar-refractivity contribution is 0.0591. The fourth-order valence-electron chi connectivity index (χ4n) is 3.42. The van der Waals surface area contributed by atoms with Gasteiger partial charge < -0.3 is 9.64 Å². The number of hydrogen-bond acceptors (Lipinski definition) is 2. The van der Waals surface area contributed by atoms with E-state index in [9.17, 15) is 4.79 Å². The lowest BCUT2D eigenvalue weighted by Gasteiger charge is -2.43. The monoisotopic (exact) mass is 339 g/mol. The van der Waals surface area contributed by atoms with Crippen LogP contribution in [0.25, 0.3) is 0 Å². The molecule has 1 amide bonds. The highest BCUT2D eigenvalue weighted by Gasteiger charge is 2.40. The zero-order chi connectivity index (χ0) is 16.4. The summed E-state index contributed by atoms with van der Waals surface area (Å²) < 4.78 is 5.44. The van der Waals surface area contributed by atoms with Crippen molar-refractivity contribution in [3.63, 3.8) is 0 Å². The zero-order valence-electron chi connectivity index (χ0n) is 13.6. The summed E-state index contributed by atoms with van der Waals surface area (Å²) in [5.74, 6) is 0.